The lowest BCUT2D eigenvalue weighted by Gasteiger charge is -2.35. The number of benzene rings is 1. The van der Waals surface area contributed by atoms with Gasteiger partial charge in [0.25, 0.3) is 0 Å². The molecule has 0 aromatic heterocycles. The van der Waals surface area contributed by atoms with Crippen LogP contribution in [0.1, 0.15) is 19.8 Å². The average molecular weight is 463 g/mol. The second-order valence-electron chi connectivity index (χ2n) is 8.62. The maximum absolute atomic E-state index is 5.94. The lowest BCUT2D eigenvalue weighted by atomic mass is 10.0. The third-order valence-electron chi connectivity index (χ3n) is 6.15. The molecule has 1 aromatic carbocycles. The zero-order chi connectivity index (χ0) is 23.6. The standard InChI is InChI=1S/C28H35ClN4/c1-5-24-21-23(22-32-19-15-27(16-20-32)31(3)4)9-7-10-28(24)33(6-2)18-8-17-30-26-13-11-25(29)12-14-26/h5,7,9,11-14,21,27,30H,1,6,15-16,18-20,22H2,2-4H3. The largest absolute Gasteiger partial charge is 0.354 e. The first-order valence-corrected chi connectivity index (χ1v) is 12.0. The van der Waals surface area contributed by atoms with Crippen molar-refractivity contribution in [1.82, 2.24) is 14.7 Å². The van der Waals surface area contributed by atoms with Gasteiger partial charge in [-0.2, -0.15) is 0 Å². The van der Waals surface area contributed by atoms with E-state index in [-0.39, 0.29) is 0 Å². The highest BCUT2D eigenvalue weighted by Crippen LogP contribution is 2.22. The number of nitrogens with one attached hydrogen (secondary N) is 1. The third-order valence-corrected chi connectivity index (χ3v) is 6.40. The predicted octanol–water partition coefficient (Wildman–Crippen LogP) is 5.15. The second-order valence-corrected chi connectivity index (χ2v) is 9.06. The quantitative estimate of drug-likeness (QED) is 0.327. The van der Waals surface area contributed by atoms with Crippen molar-refractivity contribution in [1.29, 1.82) is 0 Å². The van der Waals surface area contributed by atoms with Gasteiger partial charge in [0.05, 0.1) is 12.2 Å². The van der Waals surface area contributed by atoms with E-state index in [4.69, 9.17) is 11.6 Å². The molecular formula is C28H35ClN4. The molecule has 4 nitrogen and oxygen atoms in total. The van der Waals surface area contributed by atoms with Crippen molar-refractivity contribution in [3.63, 3.8) is 0 Å². The highest BCUT2D eigenvalue weighted by molar-refractivity contribution is 6.30. The summed E-state index contributed by atoms with van der Waals surface area (Å²) < 4.78 is 0. The number of anilines is 1. The Morgan fingerprint density at radius 1 is 1.24 bits per heavy atom. The Bertz CT molecular complexity index is 993. The van der Waals surface area contributed by atoms with Crippen LogP contribution in [0.3, 0.4) is 0 Å². The smallest absolute Gasteiger partial charge is 0.0881 e. The molecule has 1 fully saturated rings. The van der Waals surface area contributed by atoms with E-state index < -0.39 is 0 Å². The minimum atomic E-state index is 0.603. The summed E-state index contributed by atoms with van der Waals surface area (Å²) in [5, 5.41) is 3.83. The Kier molecular flexibility index (Phi) is 9.48. The number of nitrogens with zero attached hydrogens (tertiary/aromatic N) is 3. The van der Waals surface area contributed by atoms with Gasteiger partial charge in [0.15, 0.2) is 0 Å². The highest BCUT2D eigenvalue weighted by atomic mass is 35.5. The lowest BCUT2D eigenvalue weighted by molar-refractivity contribution is 0.153. The van der Waals surface area contributed by atoms with Crippen molar-refractivity contribution >= 4 is 17.3 Å². The second kappa shape index (κ2) is 12.5. The molecule has 174 valence electrons. The molecule has 0 amide bonds. The number of hydrogen-bond acceptors (Lipinski definition) is 4. The molecule has 33 heavy (non-hydrogen) atoms. The summed E-state index contributed by atoms with van der Waals surface area (Å²) in [5.41, 5.74) is 7.81. The van der Waals surface area contributed by atoms with Gasteiger partial charge < -0.3 is 15.1 Å². The number of halogens is 1. The maximum Gasteiger partial charge on any atom is 0.0881 e. The fourth-order valence-corrected chi connectivity index (χ4v) is 4.27. The summed E-state index contributed by atoms with van der Waals surface area (Å²) in [6.45, 7) is 10.9. The first-order valence-electron chi connectivity index (χ1n) is 11.6. The molecule has 3 rings (SSSR count). The van der Waals surface area contributed by atoms with Gasteiger partial charge >= 0.3 is 0 Å². The maximum atomic E-state index is 5.94. The Labute approximate surface area is 204 Å². The van der Waals surface area contributed by atoms with Gasteiger partial charge in [-0.05, 0) is 95.0 Å². The van der Waals surface area contributed by atoms with Crippen LogP contribution in [0.4, 0.5) is 5.69 Å². The first-order chi connectivity index (χ1) is 16.0. The van der Waals surface area contributed by atoms with Crippen LogP contribution in [0.15, 0.2) is 77.7 Å². The van der Waals surface area contributed by atoms with Crippen LogP contribution >= 0.6 is 11.6 Å². The molecule has 0 saturated carbocycles. The number of likely N-dealkylation sites (tertiary alicyclic amines) is 1. The molecule has 1 aromatic rings. The minimum Gasteiger partial charge on any atom is -0.354 e. The SMILES string of the molecule is C=CC1=CC(CN2CCC(N(C)C)CC2)=CC=C=C1N(CC)CC#CNc1ccc(Cl)cc1. The summed E-state index contributed by atoms with van der Waals surface area (Å²) in [6.07, 6.45) is 10.8. The number of likely N-dealkylation sites (N-methyl/N-ethyl adjacent to an activating group) is 1. The van der Waals surface area contributed by atoms with E-state index in [1.807, 2.05) is 36.4 Å². The van der Waals surface area contributed by atoms with Crippen molar-refractivity contribution in [2.75, 3.05) is 52.1 Å². The van der Waals surface area contributed by atoms with Crippen molar-refractivity contribution in [2.45, 2.75) is 25.8 Å². The van der Waals surface area contributed by atoms with Gasteiger partial charge in [0.2, 0.25) is 0 Å². The topological polar surface area (TPSA) is 21.8 Å². The monoisotopic (exact) mass is 462 g/mol. The van der Waals surface area contributed by atoms with Crippen LogP contribution < -0.4 is 5.32 Å². The normalized spacial score (nSPS) is 16.8. The van der Waals surface area contributed by atoms with Crippen LogP contribution in [0.5, 0.6) is 0 Å². The molecule has 0 unspecified atom stereocenters. The zero-order valence-corrected chi connectivity index (χ0v) is 20.8. The molecule has 5 heteroatoms. The zero-order valence-electron chi connectivity index (χ0n) is 20.1. The third kappa shape index (κ3) is 7.42. The van der Waals surface area contributed by atoms with Gasteiger partial charge in [0, 0.05) is 41.5 Å². The summed E-state index contributed by atoms with van der Waals surface area (Å²) >= 11 is 5.94. The number of hydrogen-bond donors (Lipinski definition) is 1. The van der Waals surface area contributed by atoms with Gasteiger partial charge in [-0.1, -0.05) is 35.9 Å². The average Bonchev–Trinajstić information content (AvgIpc) is 3.02. The van der Waals surface area contributed by atoms with Crippen LogP contribution in [0, 0.1) is 12.0 Å². The van der Waals surface area contributed by atoms with Gasteiger partial charge in [-0.25, -0.2) is 0 Å². The van der Waals surface area contributed by atoms with Crippen LogP contribution in [-0.4, -0.2) is 67.6 Å². The summed E-state index contributed by atoms with van der Waals surface area (Å²) in [6, 6.07) is 11.3. The van der Waals surface area contributed by atoms with Gasteiger partial charge in [0.1, 0.15) is 0 Å². The van der Waals surface area contributed by atoms with Crippen LogP contribution in [0.2, 0.25) is 5.02 Å². The van der Waals surface area contributed by atoms with E-state index >= 15 is 0 Å². The van der Waals surface area contributed by atoms with Crippen molar-refractivity contribution in [3.05, 3.63) is 82.7 Å². The van der Waals surface area contributed by atoms with E-state index in [9.17, 15) is 0 Å². The molecule has 0 atom stereocenters. The molecule has 1 heterocycles. The molecule has 1 N–H and O–H groups in total. The molecule has 1 aliphatic heterocycles. The van der Waals surface area contributed by atoms with Crippen molar-refractivity contribution in [3.8, 4) is 12.0 Å². The van der Waals surface area contributed by atoms with Gasteiger partial charge in [-0.15, -0.1) is 0 Å². The lowest BCUT2D eigenvalue weighted by Crippen LogP contribution is -2.42. The van der Waals surface area contributed by atoms with E-state index in [0.717, 1.165) is 43.1 Å². The Balaban J connectivity index is 1.61. The van der Waals surface area contributed by atoms with E-state index in [1.54, 1.807) is 0 Å². The number of piperidine rings is 1. The number of allylic oxidation sites excluding steroid dienone is 2. The molecule has 0 bridgehead atoms. The first kappa shape index (κ1) is 25.0. The van der Waals surface area contributed by atoms with Crippen molar-refractivity contribution in [2.24, 2.45) is 0 Å². The summed E-state index contributed by atoms with van der Waals surface area (Å²) in [4.78, 5) is 7.12. The Hall–Kier alpha value is -2.67. The van der Waals surface area contributed by atoms with Crippen LogP contribution in [-0.2, 0) is 0 Å². The Morgan fingerprint density at radius 3 is 2.61 bits per heavy atom. The Morgan fingerprint density at radius 2 is 1.97 bits per heavy atom. The summed E-state index contributed by atoms with van der Waals surface area (Å²) in [7, 11) is 4.37. The molecule has 0 spiro atoms. The fraction of sp³-hybridized carbons (Fsp3) is 0.393. The van der Waals surface area contributed by atoms with E-state index in [2.05, 4.69) is 77.5 Å². The van der Waals surface area contributed by atoms with Crippen LogP contribution in [0.25, 0.3) is 0 Å². The molecule has 2 aliphatic rings. The number of rotatable bonds is 8. The minimum absolute atomic E-state index is 0.603. The van der Waals surface area contributed by atoms with E-state index in [1.165, 1.54) is 18.4 Å². The fourth-order valence-electron chi connectivity index (χ4n) is 4.14. The van der Waals surface area contributed by atoms with E-state index in [0.29, 0.717) is 17.6 Å². The molecule has 1 saturated heterocycles. The van der Waals surface area contributed by atoms with Crippen molar-refractivity contribution < 1.29 is 0 Å². The predicted molar refractivity (Wildman–Crippen MR) is 141 cm³/mol. The van der Waals surface area contributed by atoms with Gasteiger partial charge in [-0.3, -0.25) is 4.90 Å². The molecule has 1 aliphatic carbocycles. The highest BCUT2D eigenvalue weighted by Gasteiger charge is 2.21. The molecular weight excluding hydrogens is 428 g/mol. The molecule has 0 radical (unpaired) electrons. The summed E-state index contributed by atoms with van der Waals surface area (Å²) in [5.74, 6) is 3.22.